The van der Waals surface area contributed by atoms with Gasteiger partial charge in [0.25, 0.3) is 0 Å². The fraction of sp³-hybridized carbons (Fsp3) is 0.333. The Hall–Kier alpha value is -3.10. The molecule has 34 heavy (non-hydrogen) atoms. The summed E-state index contributed by atoms with van der Waals surface area (Å²) in [5.41, 5.74) is 5.17. The van der Waals surface area contributed by atoms with E-state index in [2.05, 4.69) is 10.2 Å². The molecular formula is C24H25Cl2N7O. The standard InChI is InChI=1S/C24H25Cl2N7O/c1-14(2)33-24(19(26)12-27-33)20-11-22-31(23(34)7-8-32(22)29-20)13-16-5-6-17(18(25)10-16)21-9-15(3)28-30(21)4/h5-6,9-12,14H,7-8,13H2,1-4H3. The minimum Gasteiger partial charge on any atom is -0.292 e. The van der Waals surface area contributed by atoms with Crippen molar-refractivity contribution in [2.75, 3.05) is 4.90 Å². The molecule has 5 rings (SSSR count). The van der Waals surface area contributed by atoms with Gasteiger partial charge in [0.1, 0.15) is 17.2 Å². The van der Waals surface area contributed by atoms with Gasteiger partial charge in [-0.2, -0.15) is 15.3 Å². The van der Waals surface area contributed by atoms with E-state index in [0.29, 0.717) is 35.2 Å². The number of halogens is 2. The zero-order valence-electron chi connectivity index (χ0n) is 19.5. The van der Waals surface area contributed by atoms with Crippen LogP contribution in [0, 0.1) is 6.92 Å². The molecular weight excluding hydrogens is 473 g/mol. The first-order chi connectivity index (χ1) is 16.2. The Morgan fingerprint density at radius 2 is 1.88 bits per heavy atom. The third kappa shape index (κ3) is 3.91. The normalized spacial score (nSPS) is 13.7. The second kappa shape index (κ2) is 8.60. The van der Waals surface area contributed by atoms with Gasteiger partial charge >= 0.3 is 0 Å². The van der Waals surface area contributed by atoms with Gasteiger partial charge in [-0.15, -0.1) is 0 Å². The number of amides is 1. The smallest absolute Gasteiger partial charge is 0.230 e. The SMILES string of the molecule is Cc1cc(-c2ccc(CN3C(=O)CCn4nc(-c5c(Cl)cnn5C(C)C)cc43)cc2Cl)n(C)n1. The maximum absolute atomic E-state index is 12.9. The van der Waals surface area contributed by atoms with E-state index >= 15 is 0 Å². The summed E-state index contributed by atoms with van der Waals surface area (Å²) >= 11 is 13.1. The van der Waals surface area contributed by atoms with Crippen molar-refractivity contribution in [2.45, 2.75) is 46.3 Å². The average molecular weight is 498 g/mol. The van der Waals surface area contributed by atoms with Crippen LogP contribution in [-0.2, 0) is 24.9 Å². The van der Waals surface area contributed by atoms with E-state index in [9.17, 15) is 4.79 Å². The maximum atomic E-state index is 12.9. The number of rotatable bonds is 5. The number of benzene rings is 1. The van der Waals surface area contributed by atoms with E-state index in [-0.39, 0.29) is 11.9 Å². The summed E-state index contributed by atoms with van der Waals surface area (Å²) in [6.45, 7) is 6.95. The first-order valence-electron chi connectivity index (χ1n) is 11.1. The highest BCUT2D eigenvalue weighted by Crippen LogP contribution is 2.35. The number of aryl methyl sites for hydroxylation is 3. The van der Waals surface area contributed by atoms with Crippen LogP contribution in [0.25, 0.3) is 22.6 Å². The Kier molecular flexibility index (Phi) is 5.73. The topological polar surface area (TPSA) is 73.8 Å². The Balaban J connectivity index is 1.47. The summed E-state index contributed by atoms with van der Waals surface area (Å²) in [4.78, 5) is 14.7. The monoisotopic (exact) mass is 497 g/mol. The van der Waals surface area contributed by atoms with Gasteiger partial charge in [0.2, 0.25) is 5.91 Å². The van der Waals surface area contributed by atoms with E-state index in [1.54, 1.807) is 11.1 Å². The summed E-state index contributed by atoms with van der Waals surface area (Å²) in [6.07, 6.45) is 2.01. The third-order valence-electron chi connectivity index (χ3n) is 6.01. The Labute approximate surface area is 207 Å². The zero-order valence-corrected chi connectivity index (χ0v) is 21.0. The molecule has 0 radical (unpaired) electrons. The molecule has 1 aliphatic rings. The maximum Gasteiger partial charge on any atom is 0.230 e. The van der Waals surface area contributed by atoms with Crippen molar-refractivity contribution in [1.82, 2.24) is 29.3 Å². The number of hydrogen-bond acceptors (Lipinski definition) is 4. The van der Waals surface area contributed by atoms with Crippen molar-refractivity contribution in [3.8, 4) is 22.6 Å². The zero-order chi connectivity index (χ0) is 24.1. The molecule has 10 heteroatoms. The van der Waals surface area contributed by atoms with E-state index in [4.69, 9.17) is 28.3 Å². The molecule has 0 unspecified atom stereocenters. The van der Waals surface area contributed by atoms with Crippen LogP contribution in [0.5, 0.6) is 0 Å². The predicted octanol–water partition coefficient (Wildman–Crippen LogP) is 5.28. The van der Waals surface area contributed by atoms with Crippen molar-refractivity contribution >= 4 is 34.9 Å². The molecule has 0 aliphatic carbocycles. The lowest BCUT2D eigenvalue weighted by Gasteiger charge is -2.27. The number of carbonyl (C=O) groups is 1. The molecule has 0 saturated carbocycles. The highest BCUT2D eigenvalue weighted by molar-refractivity contribution is 6.33. The molecule has 8 nitrogen and oxygen atoms in total. The lowest BCUT2D eigenvalue weighted by Crippen LogP contribution is -2.36. The highest BCUT2D eigenvalue weighted by atomic mass is 35.5. The summed E-state index contributed by atoms with van der Waals surface area (Å²) in [6, 6.07) is 9.93. The van der Waals surface area contributed by atoms with Gasteiger partial charge in [0.15, 0.2) is 0 Å². The Morgan fingerprint density at radius 1 is 1.09 bits per heavy atom. The van der Waals surface area contributed by atoms with Gasteiger partial charge in [0, 0.05) is 31.1 Å². The minimum atomic E-state index is 0.0462. The van der Waals surface area contributed by atoms with Crippen LogP contribution in [0.2, 0.25) is 10.0 Å². The molecule has 1 aromatic carbocycles. The quantitative estimate of drug-likeness (QED) is 0.375. The molecule has 4 heterocycles. The molecule has 3 aromatic heterocycles. The Morgan fingerprint density at radius 3 is 2.56 bits per heavy atom. The summed E-state index contributed by atoms with van der Waals surface area (Å²) in [5, 5.41) is 14.7. The largest absolute Gasteiger partial charge is 0.292 e. The molecule has 176 valence electrons. The third-order valence-corrected chi connectivity index (χ3v) is 6.60. The molecule has 0 saturated heterocycles. The first kappa shape index (κ1) is 22.7. The predicted molar refractivity (Wildman–Crippen MR) is 133 cm³/mol. The molecule has 1 aliphatic heterocycles. The summed E-state index contributed by atoms with van der Waals surface area (Å²) < 4.78 is 5.53. The van der Waals surface area contributed by atoms with Gasteiger partial charge in [0.05, 0.1) is 40.7 Å². The Bertz CT molecular complexity index is 1400. The van der Waals surface area contributed by atoms with Crippen molar-refractivity contribution in [3.63, 3.8) is 0 Å². The lowest BCUT2D eigenvalue weighted by molar-refractivity contribution is -0.119. The number of fused-ring (bicyclic) bond motifs is 1. The van der Waals surface area contributed by atoms with Crippen molar-refractivity contribution in [1.29, 1.82) is 0 Å². The highest BCUT2D eigenvalue weighted by Gasteiger charge is 2.28. The summed E-state index contributed by atoms with van der Waals surface area (Å²) in [5.74, 6) is 0.783. The van der Waals surface area contributed by atoms with Gasteiger partial charge in [-0.1, -0.05) is 35.3 Å². The van der Waals surface area contributed by atoms with Gasteiger partial charge < -0.3 is 0 Å². The van der Waals surface area contributed by atoms with E-state index in [0.717, 1.165) is 34.0 Å². The van der Waals surface area contributed by atoms with Crippen LogP contribution in [0.4, 0.5) is 5.82 Å². The van der Waals surface area contributed by atoms with E-state index < -0.39 is 0 Å². The van der Waals surface area contributed by atoms with E-state index in [1.165, 1.54) is 0 Å². The van der Waals surface area contributed by atoms with Gasteiger partial charge in [-0.05, 0) is 38.5 Å². The molecule has 0 N–H and O–H groups in total. The second-order valence-electron chi connectivity index (χ2n) is 8.83. The fourth-order valence-electron chi connectivity index (χ4n) is 4.42. The molecule has 0 spiro atoms. The number of aromatic nitrogens is 6. The van der Waals surface area contributed by atoms with Crippen LogP contribution in [0.3, 0.4) is 0 Å². The molecule has 4 aromatic rings. The molecule has 0 atom stereocenters. The average Bonchev–Trinajstić information content (AvgIpc) is 3.46. The number of nitrogens with zero attached hydrogens (tertiary/aromatic N) is 7. The van der Waals surface area contributed by atoms with Crippen molar-refractivity contribution in [3.05, 3.63) is 57.8 Å². The lowest BCUT2D eigenvalue weighted by atomic mass is 10.1. The molecule has 1 amide bonds. The minimum absolute atomic E-state index is 0.0462. The second-order valence-corrected chi connectivity index (χ2v) is 9.64. The van der Waals surface area contributed by atoms with Crippen molar-refractivity contribution in [2.24, 2.45) is 7.05 Å². The van der Waals surface area contributed by atoms with Crippen LogP contribution in [-0.4, -0.2) is 35.2 Å². The van der Waals surface area contributed by atoms with Gasteiger partial charge in [-0.3, -0.25) is 19.1 Å². The number of carbonyl (C=O) groups excluding carboxylic acids is 1. The number of hydrogen-bond donors (Lipinski definition) is 0. The van der Waals surface area contributed by atoms with Gasteiger partial charge in [-0.25, -0.2) is 4.68 Å². The van der Waals surface area contributed by atoms with Crippen LogP contribution in [0.15, 0.2) is 36.5 Å². The van der Waals surface area contributed by atoms with Crippen LogP contribution in [0.1, 0.15) is 37.6 Å². The number of anilines is 1. The van der Waals surface area contributed by atoms with Crippen molar-refractivity contribution < 1.29 is 4.79 Å². The molecule has 0 bridgehead atoms. The first-order valence-corrected chi connectivity index (χ1v) is 11.9. The molecule has 0 fully saturated rings. The summed E-state index contributed by atoms with van der Waals surface area (Å²) in [7, 11) is 1.90. The van der Waals surface area contributed by atoms with Crippen LogP contribution < -0.4 is 4.90 Å². The fourth-order valence-corrected chi connectivity index (χ4v) is 4.95. The van der Waals surface area contributed by atoms with E-state index in [1.807, 2.05) is 72.2 Å². The van der Waals surface area contributed by atoms with Crippen LogP contribution >= 0.6 is 23.2 Å².